The normalized spacial score (nSPS) is 18.4. The fourth-order valence-electron chi connectivity index (χ4n) is 2.98. The highest BCUT2D eigenvalue weighted by Crippen LogP contribution is 2.32. The number of amides is 1. The molecule has 144 valence electrons. The third kappa shape index (κ3) is 4.79. The van der Waals surface area contributed by atoms with Gasteiger partial charge in [-0.1, -0.05) is 30.3 Å². The molecule has 5 nitrogen and oxygen atoms in total. The Kier molecular flexibility index (Phi) is 5.14. The average Bonchev–Trinajstić information content (AvgIpc) is 2.58. The molecular weight excluding hydrogens is 383 g/mol. The van der Waals surface area contributed by atoms with Crippen LogP contribution in [-0.2, 0) is 21.1 Å². The van der Waals surface area contributed by atoms with Gasteiger partial charge in [-0.25, -0.2) is 8.42 Å². The summed E-state index contributed by atoms with van der Waals surface area (Å²) in [5.41, 5.74) is 1.06. The second-order valence-electron chi connectivity index (χ2n) is 6.13. The Labute approximate surface area is 154 Å². The van der Waals surface area contributed by atoms with Crippen LogP contribution in [0.4, 0.5) is 13.2 Å². The van der Waals surface area contributed by atoms with E-state index in [1.54, 1.807) is 18.2 Å². The smallest absolute Gasteiger partial charge is 0.406 e. The van der Waals surface area contributed by atoms with Crippen molar-refractivity contribution in [2.45, 2.75) is 30.1 Å². The molecule has 1 N–H and O–H groups in total. The van der Waals surface area contributed by atoms with E-state index in [0.717, 1.165) is 12.1 Å². The molecule has 0 saturated carbocycles. The van der Waals surface area contributed by atoms with Gasteiger partial charge in [-0.2, -0.15) is 0 Å². The van der Waals surface area contributed by atoms with Crippen LogP contribution in [-0.4, -0.2) is 26.4 Å². The van der Waals surface area contributed by atoms with Crippen molar-refractivity contribution in [2.24, 2.45) is 0 Å². The Bertz CT molecular complexity index is 940. The number of benzene rings is 2. The molecule has 0 saturated heterocycles. The van der Waals surface area contributed by atoms with Gasteiger partial charge < -0.3 is 10.1 Å². The van der Waals surface area contributed by atoms with Gasteiger partial charge >= 0.3 is 6.36 Å². The molecule has 0 spiro atoms. The van der Waals surface area contributed by atoms with Gasteiger partial charge in [0.05, 0.1) is 23.1 Å². The molecule has 1 aliphatic heterocycles. The zero-order valence-electron chi connectivity index (χ0n) is 14.0. The molecule has 0 bridgehead atoms. The summed E-state index contributed by atoms with van der Waals surface area (Å²) in [6.07, 6.45) is -4.55. The zero-order valence-corrected chi connectivity index (χ0v) is 14.8. The first-order valence-corrected chi connectivity index (χ1v) is 9.75. The minimum absolute atomic E-state index is 0.0439. The lowest BCUT2D eigenvalue weighted by Crippen LogP contribution is -2.34. The molecule has 9 heteroatoms. The number of alkyl halides is 3. The van der Waals surface area contributed by atoms with Crippen LogP contribution in [0.1, 0.15) is 23.6 Å². The molecule has 27 heavy (non-hydrogen) atoms. The van der Waals surface area contributed by atoms with Gasteiger partial charge in [-0.15, -0.1) is 13.2 Å². The van der Waals surface area contributed by atoms with E-state index in [-0.39, 0.29) is 35.1 Å². The van der Waals surface area contributed by atoms with Crippen LogP contribution < -0.4 is 10.1 Å². The number of carbonyl (C=O) groups excluding carboxylic acids is 1. The van der Waals surface area contributed by atoms with Gasteiger partial charge in [0.15, 0.2) is 9.84 Å². The molecule has 0 aliphatic carbocycles. The highest BCUT2D eigenvalue weighted by atomic mass is 32.2. The Balaban J connectivity index is 1.66. The van der Waals surface area contributed by atoms with Gasteiger partial charge in [-0.05, 0) is 35.7 Å². The van der Waals surface area contributed by atoms with Crippen molar-refractivity contribution in [1.29, 1.82) is 0 Å². The summed E-state index contributed by atoms with van der Waals surface area (Å²) in [4.78, 5) is 12.5. The van der Waals surface area contributed by atoms with Crippen molar-refractivity contribution in [3.8, 4) is 5.75 Å². The third-order valence-corrected chi connectivity index (χ3v) is 5.98. The van der Waals surface area contributed by atoms with E-state index in [0.29, 0.717) is 11.1 Å². The topological polar surface area (TPSA) is 72.5 Å². The number of hydrogen-bond acceptors (Lipinski definition) is 4. The summed E-state index contributed by atoms with van der Waals surface area (Å²) < 4.78 is 64.5. The second kappa shape index (κ2) is 7.22. The Morgan fingerprint density at radius 3 is 2.44 bits per heavy atom. The van der Waals surface area contributed by atoms with E-state index < -0.39 is 22.2 Å². The number of fused-ring (bicyclic) bond motifs is 1. The van der Waals surface area contributed by atoms with Crippen molar-refractivity contribution in [2.75, 3.05) is 5.75 Å². The van der Waals surface area contributed by atoms with E-state index in [2.05, 4.69) is 10.1 Å². The number of sulfone groups is 1. The van der Waals surface area contributed by atoms with Gasteiger partial charge in [0.25, 0.3) is 0 Å². The first-order chi connectivity index (χ1) is 12.6. The summed E-state index contributed by atoms with van der Waals surface area (Å²) in [6.45, 7) is 0. The van der Waals surface area contributed by atoms with Crippen LogP contribution in [0.15, 0.2) is 53.4 Å². The van der Waals surface area contributed by atoms with Crippen molar-refractivity contribution in [3.05, 3.63) is 59.7 Å². The standard InChI is InChI=1S/C18H16F3NO4S/c19-18(20,21)26-13-7-5-12(6-8-13)11-17(23)22-15-9-10-27(24,25)16-4-2-1-3-14(15)16/h1-8,15H,9-11H2,(H,22,23). The molecule has 3 rings (SSSR count). The lowest BCUT2D eigenvalue weighted by Gasteiger charge is -2.26. The minimum atomic E-state index is -4.77. The summed E-state index contributed by atoms with van der Waals surface area (Å²) in [5, 5.41) is 2.80. The monoisotopic (exact) mass is 399 g/mol. The van der Waals surface area contributed by atoms with Gasteiger partial charge in [0.1, 0.15) is 5.75 Å². The molecule has 2 aromatic rings. The van der Waals surface area contributed by atoms with E-state index in [1.807, 2.05) is 0 Å². The number of nitrogens with one attached hydrogen (secondary N) is 1. The first-order valence-electron chi connectivity index (χ1n) is 8.10. The number of hydrogen-bond donors (Lipinski definition) is 1. The molecule has 1 heterocycles. The summed E-state index contributed by atoms with van der Waals surface area (Å²) in [7, 11) is -3.35. The Morgan fingerprint density at radius 1 is 1.11 bits per heavy atom. The quantitative estimate of drug-likeness (QED) is 0.857. The first kappa shape index (κ1) is 19.2. The van der Waals surface area contributed by atoms with Crippen molar-refractivity contribution in [1.82, 2.24) is 5.32 Å². The highest BCUT2D eigenvalue weighted by molar-refractivity contribution is 7.91. The van der Waals surface area contributed by atoms with Crippen molar-refractivity contribution in [3.63, 3.8) is 0 Å². The summed E-state index contributed by atoms with van der Waals surface area (Å²) in [5.74, 6) is -0.769. The van der Waals surface area contributed by atoms with Crippen LogP contribution in [0.25, 0.3) is 0 Å². The predicted octanol–water partition coefficient (Wildman–Crippen LogP) is 3.16. The Morgan fingerprint density at radius 2 is 1.78 bits per heavy atom. The lowest BCUT2D eigenvalue weighted by molar-refractivity contribution is -0.274. The molecule has 1 atom stereocenters. The zero-order chi connectivity index (χ0) is 19.7. The van der Waals surface area contributed by atoms with Crippen LogP contribution in [0.5, 0.6) is 5.75 Å². The number of carbonyl (C=O) groups is 1. The molecule has 1 unspecified atom stereocenters. The maximum absolute atomic E-state index is 12.3. The van der Waals surface area contributed by atoms with Crippen molar-refractivity contribution < 1.29 is 31.1 Å². The highest BCUT2D eigenvalue weighted by Gasteiger charge is 2.32. The summed E-state index contributed by atoms with van der Waals surface area (Å²) in [6, 6.07) is 11.1. The van der Waals surface area contributed by atoms with E-state index >= 15 is 0 Å². The minimum Gasteiger partial charge on any atom is -0.406 e. The van der Waals surface area contributed by atoms with Gasteiger partial charge in [0, 0.05) is 0 Å². The maximum atomic E-state index is 12.3. The SMILES string of the molecule is O=C(Cc1ccc(OC(F)(F)F)cc1)NC1CCS(=O)(=O)c2ccccc21. The molecule has 0 radical (unpaired) electrons. The Hall–Kier alpha value is -2.55. The molecule has 0 fully saturated rings. The largest absolute Gasteiger partial charge is 0.573 e. The molecule has 2 aromatic carbocycles. The molecule has 0 aromatic heterocycles. The van der Waals surface area contributed by atoms with Gasteiger partial charge in [0.2, 0.25) is 5.91 Å². The third-order valence-electron chi connectivity index (χ3n) is 4.16. The average molecular weight is 399 g/mol. The molecular formula is C18H16F3NO4S. The second-order valence-corrected chi connectivity index (χ2v) is 8.21. The van der Waals surface area contributed by atoms with Crippen LogP contribution in [0, 0.1) is 0 Å². The van der Waals surface area contributed by atoms with Crippen LogP contribution in [0.2, 0.25) is 0 Å². The van der Waals surface area contributed by atoms with Crippen LogP contribution in [0.3, 0.4) is 0 Å². The molecule has 1 amide bonds. The fraction of sp³-hybridized carbons (Fsp3) is 0.278. The lowest BCUT2D eigenvalue weighted by atomic mass is 10.0. The number of rotatable bonds is 4. The van der Waals surface area contributed by atoms with E-state index in [1.165, 1.54) is 18.2 Å². The van der Waals surface area contributed by atoms with Crippen LogP contribution >= 0.6 is 0 Å². The number of halogens is 3. The van der Waals surface area contributed by atoms with E-state index in [4.69, 9.17) is 0 Å². The van der Waals surface area contributed by atoms with E-state index in [9.17, 15) is 26.4 Å². The molecule has 1 aliphatic rings. The fourth-order valence-corrected chi connectivity index (χ4v) is 4.60. The maximum Gasteiger partial charge on any atom is 0.573 e. The van der Waals surface area contributed by atoms with Gasteiger partial charge in [-0.3, -0.25) is 4.79 Å². The summed E-state index contributed by atoms with van der Waals surface area (Å²) >= 11 is 0. The predicted molar refractivity (Wildman–Crippen MR) is 90.8 cm³/mol. The number of ether oxygens (including phenoxy) is 1. The van der Waals surface area contributed by atoms with Crippen molar-refractivity contribution >= 4 is 15.7 Å².